The average molecular weight is 558 g/mol. The fourth-order valence-electron chi connectivity index (χ4n) is 4.97. The maximum atomic E-state index is 14.9. The maximum absolute atomic E-state index is 14.9. The van der Waals surface area contributed by atoms with E-state index in [-0.39, 0.29) is 31.2 Å². The van der Waals surface area contributed by atoms with Crippen molar-refractivity contribution in [1.29, 1.82) is 0 Å². The highest BCUT2D eigenvalue weighted by molar-refractivity contribution is 5.98. The van der Waals surface area contributed by atoms with Crippen molar-refractivity contribution < 1.29 is 40.7 Å². The lowest BCUT2D eigenvalue weighted by Crippen LogP contribution is -2.49. The Kier molecular flexibility index (Phi) is 8.43. The maximum Gasteiger partial charge on any atom is 0.454 e. The van der Waals surface area contributed by atoms with E-state index in [1.54, 1.807) is 30.3 Å². The summed E-state index contributed by atoms with van der Waals surface area (Å²) in [4.78, 5) is 26.8. The number of carbonyl (C=O) groups is 2. The van der Waals surface area contributed by atoms with Crippen LogP contribution in [0.1, 0.15) is 36.0 Å². The van der Waals surface area contributed by atoms with Crippen LogP contribution in [0.25, 0.3) is 11.1 Å². The summed E-state index contributed by atoms with van der Waals surface area (Å²) in [6.07, 6.45) is -3.61. The van der Waals surface area contributed by atoms with Crippen molar-refractivity contribution in [2.75, 3.05) is 32.8 Å². The lowest BCUT2D eigenvalue weighted by atomic mass is 9.97. The lowest BCUT2D eigenvalue weighted by Gasteiger charge is -2.34. The fourth-order valence-corrected chi connectivity index (χ4v) is 4.97. The minimum absolute atomic E-state index is 0.0179. The van der Waals surface area contributed by atoms with Gasteiger partial charge in [0, 0.05) is 6.54 Å². The third-order valence-electron chi connectivity index (χ3n) is 7.26. The Morgan fingerprint density at radius 1 is 0.923 bits per heavy atom. The van der Waals surface area contributed by atoms with Crippen molar-refractivity contribution >= 4 is 11.8 Å². The topological polar surface area (TPSA) is 75.9 Å². The number of ether oxygens (including phenoxy) is 1. The van der Waals surface area contributed by atoms with Gasteiger partial charge in [0.15, 0.2) is 0 Å². The SMILES string of the molecule is NC(=O)[C@@H]1CCCN1C(=O)c1ccc(-c2ccc(OCC3CCN(CC(F)(F)C(F)(F)F)CC3)cc2)cc1F. The highest BCUT2D eigenvalue weighted by Crippen LogP contribution is 2.37. The van der Waals surface area contributed by atoms with E-state index >= 15 is 0 Å². The number of nitrogens with two attached hydrogens (primary N) is 1. The van der Waals surface area contributed by atoms with Crippen LogP contribution in [0.5, 0.6) is 5.75 Å². The molecule has 2 fully saturated rings. The highest BCUT2D eigenvalue weighted by atomic mass is 19.4. The molecule has 0 aliphatic carbocycles. The fraction of sp³-hybridized carbons (Fsp3) is 0.481. The Morgan fingerprint density at radius 3 is 2.15 bits per heavy atom. The van der Waals surface area contributed by atoms with Crippen molar-refractivity contribution in [3.8, 4) is 16.9 Å². The monoisotopic (exact) mass is 557 g/mol. The second-order valence-electron chi connectivity index (χ2n) is 10.0. The van der Waals surface area contributed by atoms with Gasteiger partial charge in [-0.2, -0.15) is 22.0 Å². The summed E-state index contributed by atoms with van der Waals surface area (Å²) < 4.78 is 84.5. The van der Waals surface area contributed by atoms with Crippen molar-refractivity contribution in [3.05, 3.63) is 53.8 Å². The Labute approximate surface area is 221 Å². The van der Waals surface area contributed by atoms with Gasteiger partial charge in [-0.3, -0.25) is 14.5 Å². The summed E-state index contributed by atoms with van der Waals surface area (Å²) in [6.45, 7) is -0.458. The minimum Gasteiger partial charge on any atom is -0.493 e. The lowest BCUT2D eigenvalue weighted by molar-refractivity contribution is -0.287. The van der Waals surface area contributed by atoms with Crippen LogP contribution in [0.3, 0.4) is 0 Å². The zero-order chi connectivity index (χ0) is 28.4. The molecule has 0 aromatic heterocycles. The first-order chi connectivity index (χ1) is 18.4. The number of rotatable bonds is 8. The summed E-state index contributed by atoms with van der Waals surface area (Å²) in [7, 11) is 0. The molecule has 0 unspecified atom stereocenters. The van der Waals surface area contributed by atoms with Crippen LogP contribution in [0.15, 0.2) is 42.5 Å². The first-order valence-electron chi connectivity index (χ1n) is 12.7. The van der Waals surface area contributed by atoms with E-state index in [0.717, 1.165) is 4.90 Å². The molecular formula is C27H29F6N3O3. The summed E-state index contributed by atoms with van der Waals surface area (Å²) >= 11 is 0. The molecule has 2 saturated heterocycles. The Morgan fingerprint density at radius 2 is 1.56 bits per heavy atom. The quantitative estimate of drug-likeness (QED) is 0.470. The normalized spacial score (nSPS) is 19.3. The van der Waals surface area contributed by atoms with Crippen molar-refractivity contribution in [2.24, 2.45) is 11.7 Å². The van der Waals surface area contributed by atoms with E-state index in [9.17, 15) is 35.9 Å². The number of piperidine rings is 1. The molecule has 2 aromatic rings. The summed E-state index contributed by atoms with van der Waals surface area (Å²) in [5.74, 6) is -6.10. The molecule has 2 N–H and O–H groups in total. The number of carbonyl (C=O) groups excluding carboxylic acids is 2. The zero-order valence-electron chi connectivity index (χ0n) is 21.0. The predicted octanol–water partition coefficient (Wildman–Crippen LogP) is 4.87. The largest absolute Gasteiger partial charge is 0.493 e. The standard InChI is InChI=1S/C27H29F6N3O3/c28-22-14-19(5-8-21(22)25(38)36-11-1-2-23(36)24(34)37)18-3-6-20(7-4-18)39-15-17-9-12-35(13-10-17)16-26(29,30)27(31,32)33/h3-8,14,17,23H,1-2,9-13,15-16H2,(H2,34,37)/t23-/m0/s1. The molecular weight excluding hydrogens is 528 g/mol. The van der Waals surface area contributed by atoms with E-state index in [1.165, 1.54) is 17.0 Å². The van der Waals surface area contributed by atoms with E-state index in [1.807, 2.05) is 0 Å². The number of primary amides is 1. The average Bonchev–Trinajstić information content (AvgIpc) is 3.38. The first-order valence-corrected chi connectivity index (χ1v) is 12.7. The number of alkyl halides is 5. The molecule has 6 nitrogen and oxygen atoms in total. The molecule has 12 heteroatoms. The number of hydrogen-bond donors (Lipinski definition) is 1. The summed E-state index contributed by atoms with van der Waals surface area (Å²) in [5.41, 5.74) is 6.43. The van der Waals surface area contributed by atoms with Gasteiger partial charge in [-0.15, -0.1) is 0 Å². The van der Waals surface area contributed by atoms with Gasteiger partial charge in [0.2, 0.25) is 5.91 Å². The zero-order valence-corrected chi connectivity index (χ0v) is 21.0. The van der Waals surface area contributed by atoms with Crippen molar-refractivity contribution in [2.45, 2.75) is 43.8 Å². The molecule has 0 spiro atoms. The van der Waals surface area contributed by atoms with Crippen LogP contribution in [0, 0.1) is 11.7 Å². The number of nitrogens with zero attached hydrogens (tertiary/aromatic N) is 2. The van der Waals surface area contributed by atoms with Crippen LogP contribution in [0.4, 0.5) is 26.3 Å². The molecule has 2 aliphatic heterocycles. The third-order valence-corrected chi connectivity index (χ3v) is 7.26. The smallest absolute Gasteiger partial charge is 0.454 e. The number of amides is 2. The molecule has 39 heavy (non-hydrogen) atoms. The molecule has 212 valence electrons. The van der Waals surface area contributed by atoms with Crippen molar-refractivity contribution in [3.63, 3.8) is 0 Å². The van der Waals surface area contributed by atoms with Gasteiger partial charge in [-0.25, -0.2) is 4.39 Å². The first kappa shape index (κ1) is 28.7. The number of hydrogen-bond acceptors (Lipinski definition) is 4. The van der Waals surface area contributed by atoms with Gasteiger partial charge in [-0.1, -0.05) is 18.2 Å². The number of benzene rings is 2. The van der Waals surface area contributed by atoms with Gasteiger partial charge in [0.1, 0.15) is 17.6 Å². The molecule has 0 bridgehead atoms. The van der Waals surface area contributed by atoms with Crippen LogP contribution in [-0.4, -0.2) is 72.5 Å². The molecule has 0 saturated carbocycles. The third kappa shape index (κ3) is 6.66. The van der Waals surface area contributed by atoms with Gasteiger partial charge in [0.25, 0.3) is 5.91 Å². The van der Waals surface area contributed by atoms with E-state index in [4.69, 9.17) is 10.5 Å². The van der Waals surface area contributed by atoms with Crippen LogP contribution in [0.2, 0.25) is 0 Å². The Hall–Kier alpha value is -3.28. The van der Waals surface area contributed by atoms with E-state index < -0.39 is 42.3 Å². The molecule has 1 atom stereocenters. The Balaban J connectivity index is 1.29. The molecule has 4 rings (SSSR count). The second kappa shape index (κ2) is 11.4. The van der Waals surface area contributed by atoms with E-state index in [2.05, 4.69) is 0 Å². The summed E-state index contributed by atoms with van der Waals surface area (Å²) in [6, 6.07) is 10.3. The highest BCUT2D eigenvalue weighted by Gasteiger charge is 2.58. The molecule has 2 amide bonds. The van der Waals surface area contributed by atoms with Gasteiger partial charge in [-0.05, 0) is 80.1 Å². The van der Waals surface area contributed by atoms with Gasteiger partial charge in [0.05, 0.1) is 18.7 Å². The molecule has 2 aromatic carbocycles. The van der Waals surface area contributed by atoms with Crippen LogP contribution < -0.4 is 10.5 Å². The molecule has 2 aliphatic rings. The minimum atomic E-state index is -5.56. The van der Waals surface area contributed by atoms with Gasteiger partial charge >= 0.3 is 12.1 Å². The van der Waals surface area contributed by atoms with E-state index in [0.29, 0.717) is 49.1 Å². The van der Waals surface area contributed by atoms with Crippen LogP contribution >= 0.6 is 0 Å². The number of halogens is 6. The van der Waals surface area contributed by atoms with Crippen LogP contribution in [-0.2, 0) is 4.79 Å². The Bertz CT molecular complexity index is 1180. The summed E-state index contributed by atoms with van der Waals surface area (Å²) in [5, 5.41) is 0. The van der Waals surface area contributed by atoms with Gasteiger partial charge < -0.3 is 15.4 Å². The molecule has 2 heterocycles. The predicted molar refractivity (Wildman–Crippen MR) is 131 cm³/mol. The number of likely N-dealkylation sites (tertiary alicyclic amines) is 2. The second-order valence-corrected chi connectivity index (χ2v) is 10.0. The van der Waals surface area contributed by atoms with Crippen molar-refractivity contribution in [1.82, 2.24) is 9.80 Å². The molecule has 0 radical (unpaired) electrons.